The smallest absolute Gasteiger partial charge is 0.164 e. The molecule has 0 spiro atoms. The van der Waals surface area contributed by atoms with E-state index in [2.05, 4.69) is 72.4 Å². The lowest BCUT2D eigenvalue weighted by Gasteiger charge is -2.31. The molecule has 1 unspecified atom stereocenters. The van der Waals surface area contributed by atoms with Gasteiger partial charge >= 0.3 is 0 Å². The van der Waals surface area contributed by atoms with Gasteiger partial charge in [-0.15, -0.1) is 0 Å². The van der Waals surface area contributed by atoms with Crippen LogP contribution in [0, 0.1) is 0 Å². The number of benzene rings is 1. The van der Waals surface area contributed by atoms with Gasteiger partial charge in [-0.1, -0.05) is 24.3 Å². The Hall–Kier alpha value is -2.03. The predicted molar refractivity (Wildman–Crippen MR) is 108 cm³/mol. The molecule has 8 heteroatoms. The van der Waals surface area contributed by atoms with Gasteiger partial charge in [0.15, 0.2) is 5.65 Å². The van der Waals surface area contributed by atoms with Gasteiger partial charge in [0.2, 0.25) is 0 Å². The fraction of sp³-hybridized carbons (Fsp3) is 0.421. The van der Waals surface area contributed by atoms with Crippen molar-refractivity contribution in [3.8, 4) is 0 Å². The van der Waals surface area contributed by atoms with Crippen LogP contribution in [0.15, 0.2) is 35.2 Å². The highest BCUT2D eigenvalue weighted by Gasteiger charge is 2.17. The first kappa shape index (κ1) is 18.3. The van der Waals surface area contributed by atoms with Crippen LogP contribution < -0.4 is 5.32 Å². The summed E-state index contributed by atoms with van der Waals surface area (Å²) in [5.41, 5.74) is 3.34. The zero-order valence-electron chi connectivity index (χ0n) is 15.5. The summed E-state index contributed by atoms with van der Waals surface area (Å²) in [7, 11) is 1.87. The number of ether oxygens (including phenoxy) is 1. The molecule has 0 radical (unpaired) electrons. The van der Waals surface area contributed by atoms with Gasteiger partial charge in [-0.05, 0) is 34.0 Å². The molecule has 1 N–H and O–H groups in total. The molecule has 1 aliphatic rings. The second-order valence-corrected chi connectivity index (χ2v) is 7.68. The molecule has 0 bridgehead atoms. The third-order valence-corrected chi connectivity index (χ3v) is 5.32. The summed E-state index contributed by atoms with van der Waals surface area (Å²) in [6.45, 7) is 6.56. The van der Waals surface area contributed by atoms with E-state index >= 15 is 0 Å². The van der Waals surface area contributed by atoms with Crippen LogP contribution in [0.4, 0.5) is 5.82 Å². The Kier molecular flexibility index (Phi) is 5.38. The molecule has 27 heavy (non-hydrogen) atoms. The molecule has 7 nitrogen and oxygen atoms in total. The molecule has 0 amide bonds. The maximum Gasteiger partial charge on any atom is 0.164 e. The number of hydrogen-bond donors (Lipinski definition) is 1. The van der Waals surface area contributed by atoms with Gasteiger partial charge in [-0.25, -0.2) is 14.6 Å². The number of nitrogens with one attached hydrogen (secondary N) is 1. The number of aromatic nitrogens is 4. The maximum atomic E-state index is 5.63. The van der Waals surface area contributed by atoms with Gasteiger partial charge in [0.05, 0.1) is 18.1 Å². The van der Waals surface area contributed by atoms with Crippen LogP contribution in [0.2, 0.25) is 0 Å². The molecule has 0 saturated carbocycles. The minimum Gasteiger partial charge on any atom is -0.376 e. The second-order valence-electron chi connectivity index (χ2n) is 6.93. The number of fused-ring (bicyclic) bond motifs is 1. The van der Waals surface area contributed by atoms with Crippen LogP contribution >= 0.6 is 15.9 Å². The van der Waals surface area contributed by atoms with Crippen molar-refractivity contribution < 1.29 is 4.74 Å². The Morgan fingerprint density at radius 2 is 2.15 bits per heavy atom. The van der Waals surface area contributed by atoms with E-state index in [9.17, 15) is 0 Å². The van der Waals surface area contributed by atoms with Crippen LogP contribution in [-0.4, -0.2) is 50.4 Å². The van der Waals surface area contributed by atoms with E-state index in [1.54, 1.807) is 11.0 Å². The zero-order valence-corrected chi connectivity index (χ0v) is 17.1. The average molecular weight is 431 g/mol. The van der Waals surface area contributed by atoms with Crippen molar-refractivity contribution in [2.75, 3.05) is 25.0 Å². The fourth-order valence-electron chi connectivity index (χ4n) is 3.49. The number of hydrogen-bond acceptors (Lipinski definition) is 6. The van der Waals surface area contributed by atoms with Crippen molar-refractivity contribution in [2.24, 2.45) is 7.05 Å². The van der Waals surface area contributed by atoms with Gasteiger partial charge in [0.25, 0.3) is 0 Å². The number of halogens is 1. The molecule has 0 aliphatic carbocycles. The number of morpholine rings is 1. The van der Waals surface area contributed by atoms with Gasteiger partial charge in [-0.2, -0.15) is 5.10 Å². The molecule has 142 valence electrons. The van der Waals surface area contributed by atoms with Crippen molar-refractivity contribution >= 4 is 32.8 Å². The van der Waals surface area contributed by atoms with E-state index in [4.69, 9.17) is 4.74 Å². The summed E-state index contributed by atoms with van der Waals surface area (Å²) in [5.74, 6) is 0.785. The molecular weight excluding hydrogens is 408 g/mol. The van der Waals surface area contributed by atoms with Crippen LogP contribution in [0.1, 0.15) is 18.1 Å². The van der Waals surface area contributed by atoms with E-state index in [-0.39, 0.29) is 0 Å². The Balaban J connectivity index is 1.46. The third kappa shape index (κ3) is 4.12. The van der Waals surface area contributed by atoms with Crippen molar-refractivity contribution in [2.45, 2.75) is 26.1 Å². The normalized spacial score (nSPS) is 18.1. The van der Waals surface area contributed by atoms with E-state index in [0.717, 1.165) is 47.7 Å². The number of nitrogens with zero attached hydrogens (tertiary/aromatic N) is 5. The molecule has 4 rings (SSSR count). The first-order valence-electron chi connectivity index (χ1n) is 9.09. The lowest BCUT2D eigenvalue weighted by molar-refractivity contribution is -0.0212. The molecular formula is C19H23BrN6O. The molecule has 3 aromatic rings. The van der Waals surface area contributed by atoms with Gasteiger partial charge in [-0.3, -0.25) is 4.90 Å². The van der Waals surface area contributed by atoms with Crippen molar-refractivity contribution in [1.82, 2.24) is 24.6 Å². The standard InChI is InChI=1S/C19H23BrN6O/c1-13-10-26(6-7-27-13)11-15-5-3-4-14(8-15)9-21-18-16-17(20)24-25(2)19(16)23-12-22-18/h3-5,8,12-13H,6-7,9-11H2,1-2H3,(H,21,22,23). The number of anilines is 1. The highest BCUT2D eigenvalue weighted by molar-refractivity contribution is 9.10. The molecule has 2 aromatic heterocycles. The van der Waals surface area contributed by atoms with E-state index in [0.29, 0.717) is 12.6 Å². The van der Waals surface area contributed by atoms with Crippen LogP contribution in [0.3, 0.4) is 0 Å². The molecule has 1 aliphatic heterocycles. The van der Waals surface area contributed by atoms with E-state index in [1.165, 1.54) is 11.1 Å². The lowest BCUT2D eigenvalue weighted by Crippen LogP contribution is -2.40. The minimum absolute atomic E-state index is 0.307. The monoisotopic (exact) mass is 430 g/mol. The fourth-order valence-corrected chi connectivity index (χ4v) is 4.09. The molecule has 1 aromatic carbocycles. The van der Waals surface area contributed by atoms with Crippen LogP contribution in [0.25, 0.3) is 11.0 Å². The average Bonchev–Trinajstić information content (AvgIpc) is 2.95. The Morgan fingerprint density at radius 1 is 1.30 bits per heavy atom. The Labute approximate surface area is 166 Å². The predicted octanol–water partition coefficient (Wildman–Crippen LogP) is 2.96. The second kappa shape index (κ2) is 7.92. The first-order chi connectivity index (χ1) is 13.1. The van der Waals surface area contributed by atoms with Crippen molar-refractivity contribution in [3.05, 3.63) is 46.3 Å². The van der Waals surface area contributed by atoms with Gasteiger partial charge < -0.3 is 10.1 Å². The zero-order chi connectivity index (χ0) is 18.8. The minimum atomic E-state index is 0.307. The third-order valence-electron chi connectivity index (χ3n) is 4.76. The summed E-state index contributed by atoms with van der Waals surface area (Å²) < 4.78 is 8.12. The summed E-state index contributed by atoms with van der Waals surface area (Å²) >= 11 is 3.50. The molecule has 1 saturated heterocycles. The van der Waals surface area contributed by atoms with Crippen molar-refractivity contribution in [1.29, 1.82) is 0 Å². The van der Waals surface area contributed by atoms with Crippen molar-refractivity contribution in [3.63, 3.8) is 0 Å². The highest BCUT2D eigenvalue weighted by atomic mass is 79.9. The quantitative estimate of drug-likeness (QED) is 0.670. The largest absolute Gasteiger partial charge is 0.376 e. The SMILES string of the molecule is CC1CN(Cc2cccc(CNc3ncnc4c3c(Br)nn4C)c2)CCO1. The molecule has 1 fully saturated rings. The molecule has 1 atom stereocenters. The lowest BCUT2D eigenvalue weighted by atomic mass is 10.1. The first-order valence-corrected chi connectivity index (χ1v) is 9.88. The van der Waals surface area contributed by atoms with E-state index in [1.807, 2.05) is 7.05 Å². The number of rotatable bonds is 5. The van der Waals surface area contributed by atoms with E-state index < -0.39 is 0 Å². The Morgan fingerprint density at radius 3 is 3.00 bits per heavy atom. The summed E-state index contributed by atoms with van der Waals surface area (Å²) in [5, 5.41) is 8.70. The number of aryl methyl sites for hydroxylation is 1. The van der Waals surface area contributed by atoms with Gasteiger partial charge in [0.1, 0.15) is 16.7 Å². The van der Waals surface area contributed by atoms with Crippen LogP contribution in [0.5, 0.6) is 0 Å². The van der Waals surface area contributed by atoms with Crippen LogP contribution in [-0.2, 0) is 24.9 Å². The maximum absolute atomic E-state index is 5.63. The topological polar surface area (TPSA) is 68.1 Å². The molecule has 3 heterocycles. The summed E-state index contributed by atoms with van der Waals surface area (Å²) in [4.78, 5) is 11.1. The van der Waals surface area contributed by atoms with Gasteiger partial charge in [0, 0.05) is 33.2 Å². The summed E-state index contributed by atoms with van der Waals surface area (Å²) in [6, 6.07) is 8.69. The summed E-state index contributed by atoms with van der Waals surface area (Å²) in [6.07, 6.45) is 1.87. The highest BCUT2D eigenvalue weighted by Crippen LogP contribution is 2.27. The Bertz CT molecular complexity index is 943.